The first-order chi connectivity index (χ1) is 9.62. The van der Waals surface area contributed by atoms with Crippen molar-refractivity contribution in [3.8, 4) is 0 Å². The average molecular weight is 291 g/mol. The Morgan fingerprint density at radius 3 is 2.60 bits per heavy atom. The van der Waals surface area contributed by atoms with E-state index in [1.54, 1.807) is 0 Å². The molecule has 0 bridgehead atoms. The number of fused-ring (bicyclic) bond motifs is 1. The Balaban J connectivity index is 1.74. The van der Waals surface area contributed by atoms with Crippen LogP contribution in [0.1, 0.15) is 36.3 Å². The zero-order valence-electron chi connectivity index (χ0n) is 10.8. The number of carbonyl (C=O) groups is 3. The van der Waals surface area contributed by atoms with Gasteiger partial charge in [-0.2, -0.15) is 0 Å². The summed E-state index contributed by atoms with van der Waals surface area (Å²) in [6.07, 6.45) is 4.83. The van der Waals surface area contributed by atoms with Crippen LogP contribution in [0.4, 0.5) is 9.93 Å². The molecular formula is C13H13N3O3S. The number of rotatable bonds is 1. The van der Waals surface area contributed by atoms with Crippen LogP contribution in [0.15, 0.2) is 0 Å². The van der Waals surface area contributed by atoms with Crippen molar-refractivity contribution in [3.05, 3.63) is 10.6 Å². The molecule has 1 spiro atoms. The minimum atomic E-state index is -1.02. The Morgan fingerprint density at radius 1 is 1.15 bits per heavy atom. The van der Waals surface area contributed by atoms with Crippen LogP contribution in [0, 0.1) is 5.41 Å². The third-order valence-electron chi connectivity index (χ3n) is 4.45. The first-order valence-corrected chi connectivity index (χ1v) is 7.62. The van der Waals surface area contributed by atoms with Crippen molar-refractivity contribution >= 4 is 34.3 Å². The Labute approximate surface area is 119 Å². The molecule has 4 amide bonds. The van der Waals surface area contributed by atoms with Crippen LogP contribution in [0.2, 0.25) is 0 Å². The third kappa shape index (κ3) is 1.38. The number of anilines is 1. The van der Waals surface area contributed by atoms with Gasteiger partial charge in [-0.3, -0.25) is 14.9 Å². The molecule has 6 nitrogen and oxygen atoms in total. The lowest BCUT2D eigenvalue weighted by Crippen LogP contribution is -2.66. The molecule has 1 saturated heterocycles. The predicted octanol–water partition coefficient (Wildman–Crippen LogP) is 1.38. The number of thiazole rings is 1. The molecule has 3 aliphatic rings. The number of urea groups is 1. The summed E-state index contributed by atoms with van der Waals surface area (Å²) < 4.78 is 0. The first kappa shape index (κ1) is 12.0. The van der Waals surface area contributed by atoms with Crippen LogP contribution in [-0.4, -0.2) is 22.8 Å². The number of carbonyl (C=O) groups excluding carboxylic acids is 3. The van der Waals surface area contributed by atoms with Gasteiger partial charge in [-0.05, 0) is 32.1 Å². The SMILES string of the molecule is O=C1NC(=O)C2(CCC2)C(=O)N1c1nc2c(s1)CCC2. The van der Waals surface area contributed by atoms with E-state index in [0.29, 0.717) is 18.0 Å². The molecule has 1 aromatic heterocycles. The van der Waals surface area contributed by atoms with Crippen LogP contribution < -0.4 is 10.2 Å². The van der Waals surface area contributed by atoms with Crippen LogP contribution in [0.3, 0.4) is 0 Å². The van der Waals surface area contributed by atoms with E-state index in [4.69, 9.17) is 0 Å². The smallest absolute Gasteiger partial charge is 0.276 e. The first-order valence-electron chi connectivity index (χ1n) is 6.80. The van der Waals surface area contributed by atoms with Gasteiger partial charge in [-0.25, -0.2) is 14.7 Å². The van der Waals surface area contributed by atoms with Gasteiger partial charge in [0.1, 0.15) is 5.41 Å². The van der Waals surface area contributed by atoms with E-state index in [9.17, 15) is 14.4 Å². The number of imide groups is 2. The van der Waals surface area contributed by atoms with Gasteiger partial charge >= 0.3 is 6.03 Å². The number of barbiturate groups is 1. The molecule has 104 valence electrons. The van der Waals surface area contributed by atoms with Gasteiger partial charge in [0.15, 0.2) is 0 Å². The number of hydrogen-bond donors (Lipinski definition) is 1. The normalized spacial score (nSPS) is 23.8. The quantitative estimate of drug-likeness (QED) is 0.793. The van der Waals surface area contributed by atoms with Crippen molar-refractivity contribution in [3.63, 3.8) is 0 Å². The summed E-state index contributed by atoms with van der Waals surface area (Å²) in [5, 5.41) is 2.72. The zero-order chi connectivity index (χ0) is 13.9. The molecular weight excluding hydrogens is 278 g/mol. The summed E-state index contributed by atoms with van der Waals surface area (Å²) in [4.78, 5) is 43.2. The number of aromatic nitrogens is 1. The maximum atomic E-state index is 12.6. The highest BCUT2D eigenvalue weighted by molar-refractivity contribution is 7.16. The second-order valence-corrected chi connectivity index (χ2v) is 6.62. The number of nitrogens with one attached hydrogen (secondary N) is 1. The Bertz CT molecular complexity index is 626. The Kier molecular flexibility index (Phi) is 2.33. The molecule has 1 aromatic rings. The average Bonchev–Trinajstić information content (AvgIpc) is 2.86. The monoisotopic (exact) mass is 291 g/mol. The fraction of sp³-hybridized carbons (Fsp3) is 0.538. The molecule has 4 rings (SSSR count). The second kappa shape index (κ2) is 3.88. The van der Waals surface area contributed by atoms with Crippen LogP contribution in [0.25, 0.3) is 0 Å². The maximum Gasteiger partial charge on any atom is 0.337 e. The van der Waals surface area contributed by atoms with E-state index in [1.807, 2.05) is 0 Å². The number of nitrogens with zero attached hydrogens (tertiary/aromatic N) is 2. The van der Waals surface area contributed by atoms with Gasteiger partial charge in [0.05, 0.1) is 5.69 Å². The molecule has 7 heteroatoms. The van der Waals surface area contributed by atoms with Crippen molar-refractivity contribution in [2.75, 3.05) is 4.90 Å². The summed E-state index contributed by atoms with van der Waals surface area (Å²) in [6.45, 7) is 0. The minimum Gasteiger partial charge on any atom is -0.276 e. The molecule has 0 atom stereocenters. The van der Waals surface area contributed by atoms with Gasteiger partial charge < -0.3 is 0 Å². The second-order valence-electron chi connectivity index (χ2n) is 5.56. The Hall–Kier alpha value is -1.76. The van der Waals surface area contributed by atoms with E-state index in [1.165, 1.54) is 11.3 Å². The van der Waals surface area contributed by atoms with Gasteiger partial charge in [-0.15, -0.1) is 11.3 Å². The lowest BCUT2D eigenvalue weighted by atomic mass is 9.66. The van der Waals surface area contributed by atoms with Crippen molar-refractivity contribution in [2.24, 2.45) is 5.41 Å². The van der Waals surface area contributed by atoms with Gasteiger partial charge in [0, 0.05) is 4.88 Å². The van der Waals surface area contributed by atoms with Crippen LogP contribution in [-0.2, 0) is 22.4 Å². The third-order valence-corrected chi connectivity index (χ3v) is 5.60. The standard InChI is InChI=1S/C13H13N3O3S/c17-9-13(5-2-6-13)10(18)16(11(19)15-9)12-14-7-3-1-4-8(7)20-12/h1-6H2,(H,15,17,19). The summed E-state index contributed by atoms with van der Waals surface area (Å²) in [7, 11) is 0. The molecule has 1 saturated carbocycles. The Morgan fingerprint density at radius 2 is 1.95 bits per heavy atom. The van der Waals surface area contributed by atoms with E-state index in [2.05, 4.69) is 10.3 Å². The topological polar surface area (TPSA) is 79.4 Å². The zero-order valence-corrected chi connectivity index (χ0v) is 11.6. The molecule has 2 heterocycles. The molecule has 1 aliphatic heterocycles. The minimum absolute atomic E-state index is 0.398. The summed E-state index contributed by atoms with van der Waals surface area (Å²) in [6, 6.07) is -0.662. The van der Waals surface area contributed by atoms with Crippen molar-refractivity contribution in [1.29, 1.82) is 0 Å². The highest BCUT2D eigenvalue weighted by Gasteiger charge is 2.58. The summed E-state index contributed by atoms with van der Waals surface area (Å²) in [5.41, 5.74) is -0.0329. The summed E-state index contributed by atoms with van der Waals surface area (Å²) in [5.74, 6) is -0.843. The molecule has 0 unspecified atom stereocenters. The van der Waals surface area contributed by atoms with Crippen LogP contribution in [0.5, 0.6) is 0 Å². The highest BCUT2D eigenvalue weighted by atomic mass is 32.1. The van der Waals surface area contributed by atoms with E-state index in [-0.39, 0.29) is 0 Å². The maximum absolute atomic E-state index is 12.6. The molecule has 2 fully saturated rings. The lowest BCUT2D eigenvalue weighted by Gasteiger charge is -2.43. The number of aryl methyl sites for hydroxylation is 2. The molecule has 2 aliphatic carbocycles. The molecule has 0 radical (unpaired) electrons. The van der Waals surface area contributed by atoms with E-state index < -0.39 is 23.3 Å². The predicted molar refractivity (Wildman–Crippen MR) is 71.4 cm³/mol. The lowest BCUT2D eigenvalue weighted by molar-refractivity contribution is -0.148. The van der Waals surface area contributed by atoms with E-state index >= 15 is 0 Å². The largest absolute Gasteiger partial charge is 0.337 e. The number of amides is 4. The summed E-state index contributed by atoms with van der Waals surface area (Å²) >= 11 is 1.39. The highest BCUT2D eigenvalue weighted by Crippen LogP contribution is 2.46. The van der Waals surface area contributed by atoms with Gasteiger partial charge in [0.2, 0.25) is 11.0 Å². The molecule has 20 heavy (non-hydrogen) atoms. The van der Waals surface area contributed by atoms with Crippen LogP contribution >= 0.6 is 11.3 Å². The van der Waals surface area contributed by atoms with Crippen molar-refractivity contribution < 1.29 is 14.4 Å². The molecule has 0 aromatic carbocycles. The fourth-order valence-corrected chi connectivity index (χ4v) is 4.24. The fourth-order valence-electron chi connectivity index (χ4n) is 3.09. The van der Waals surface area contributed by atoms with Crippen molar-refractivity contribution in [1.82, 2.24) is 10.3 Å². The van der Waals surface area contributed by atoms with Gasteiger partial charge in [-0.1, -0.05) is 6.42 Å². The van der Waals surface area contributed by atoms with E-state index in [0.717, 1.165) is 41.2 Å². The van der Waals surface area contributed by atoms with Gasteiger partial charge in [0.25, 0.3) is 5.91 Å². The molecule has 1 N–H and O–H groups in total. The number of hydrogen-bond acceptors (Lipinski definition) is 5. The van der Waals surface area contributed by atoms with Crippen molar-refractivity contribution in [2.45, 2.75) is 38.5 Å².